The van der Waals surface area contributed by atoms with Crippen LogP contribution in [0.15, 0.2) is 43.6 Å². The Morgan fingerprint density at radius 2 is 2.25 bits per heavy atom. The molecular formula is C14H12BrN3OS. The van der Waals surface area contributed by atoms with Gasteiger partial charge in [0.15, 0.2) is 5.16 Å². The van der Waals surface area contributed by atoms with Crippen molar-refractivity contribution < 1.29 is 0 Å². The van der Waals surface area contributed by atoms with Gasteiger partial charge in [-0.05, 0) is 24.6 Å². The molecule has 0 radical (unpaired) electrons. The maximum atomic E-state index is 11.6. The summed E-state index contributed by atoms with van der Waals surface area (Å²) in [5.41, 5.74) is 1.16. The van der Waals surface area contributed by atoms with Crippen LogP contribution in [0, 0.1) is 11.3 Å². The number of rotatable bonds is 4. The van der Waals surface area contributed by atoms with Crippen LogP contribution >= 0.6 is 27.7 Å². The third-order valence-electron chi connectivity index (χ3n) is 2.55. The van der Waals surface area contributed by atoms with Crippen LogP contribution in [0.1, 0.15) is 24.6 Å². The van der Waals surface area contributed by atoms with Gasteiger partial charge in [0.2, 0.25) is 0 Å². The highest BCUT2D eigenvalue weighted by atomic mass is 79.9. The molecule has 6 heteroatoms. The second-order valence-corrected chi connectivity index (χ2v) is 6.09. The largest absolute Gasteiger partial charge is 0.301 e. The van der Waals surface area contributed by atoms with E-state index in [9.17, 15) is 4.79 Å². The molecule has 20 heavy (non-hydrogen) atoms. The lowest BCUT2D eigenvalue weighted by molar-refractivity contribution is 0.816. The van der Waals surface area contributed by atoms with Gasteiger partial charge in [-0.25, -0.2) is 4.98 Å². The number of halogens is 1. The smallest absolute Gasteiger partial charge is 0.251 e. The maximum absolute atomic E-state index is 11.6. The molecule has 0 aliphatic carbocycles. The van der Waals surface area contributed by atoms with Crippen molar-refractivity contribution >= 4 is 27.7 Å². The van der Waals surface area contributed by atoms with Gasteiger partial charge in [-0.15, -0.1) is 0 Å². The van der Waals surface area contributed by atoms with Crippen molar-refractivity contribution in [3.05, 3.63) is 50.3 Å². The topological polar surface area (TPSA) is 69.5 Å². The molecule has 0 aliphatic heterocycles. The summed E-state index contributed by atoms with van der Waals surface area (Å²) in [6.45, 7) is 2.04. The lowest BCUT2D eigenvalue weighted by atomic mass is 10.2. The molecule has 0 saturated carbocycles. The zero-order valence-electron chi connectivity index (χ0n) is 10.8. The van der Waals surface area contributed by atoms with E-state index in [1.165, 1.54) is 17.8 Å². The quantitative estimate of drug-likeness (QED) is 0.857. The van der Waals surface area contributed by atoms with Gasteiger partial charge >= 0.3 is 0 Å². The molecule has 2 aromatic rings. The van der Waals surface area contributed by atoms with E-state index in [4.69, 9.17) is 5.26 Å². The number of hydrogen-bond acceptors (Lipinski definition) is 4. The standard InChI is InChI=1S/C14H12BrN3OS/c1-2-3-11-7-13(19)18-14(17-11)20-12-6-10(15)5-4-9(12)8-16/h4-7H,2-3H2,1H3,(H,17,18,19). The number of H-pyrrole nitrogens is 1. The predicted octanol–water partition coefficient (Wildman–Crippen LogP) is 3.51. The first-order valence-corrected chi connectivity index (χ1v) is 7.71. The van der Waals surface area contributed by atoms with Crippen LogP contribution in [-0.4, -0.2) is 9.97 Å². The van der Waals surface area contributed by atoms with Crippen LogP contribution in [0.2, 0.25) is 0 Å². The van der Waals surface area contributed by atoms with E-state index in [0.717, 1.165) is 27.9 Å². The summed E-state index contributed by atoms with van der Waals surface area (Å²) < 4.78 is 0.881. The predicted molar refractivity (Wildman–Crippen MR) is 81.8 cm³/mol. The van der Waals surface area contributed by atoms with E-state index in [-0.39, 0.29) is 5.56 Å². The second-order valence-electron chi connectivity index (χ2n) is 4.15. The van der Waals surface area contributed by atoms with Crippen LogP contribution in [0.3, 0.4) is 0 Å². The summed E-state index contributed by atoms with van der Waals surface area (Å²) in [6.07, 6.45) is 1.70. The number of nitrogens with one attached hydrogen (secondary N) is 1. The molecule has 1 N–H and O–H groups in total. The molecule has 0 fully saturated rings. The molecule has 0 bridgehead atoms. The van der Waals surface area contributed by atoms with E-state index in [1.54, 1.807) is 6.07 Å². The molecule has 0 aliphatic rings. The molecule has 4 nitrogen and oxygen atoms in total. The Balaban J connectivity index is 2.37. The number of aromatic nitrogens is 2. The average Bonchev–Trinajstić information content (AvgIpc) is 2.38. The summed E-state index contributed by atoms with van der Waals surface area (Å²) >= 11 is 4.67. The lowest BCUT2D eigenvalue weighted by Crippen LogP contribution is -2.09. The average molecular weight is 350 g/mol. The van der Waals surface area contributed by atoms with Gasteiger partial charge in [0.25, 0.3) is 5.56 Å². The Labute approximate surface area is 129 Å². The van der Waals surface area contributed by atoms with Crippen molar-refractivity contribution in [2.24, 2.45) is 0 Å². The minimum Gasteiger partial charge on any atom is -0.301 e. The number of aryl methyl sites for hydroxylation is 1. The fraction of sp³-hybridized carbons (Fsp3) is 0.214. The Bertz CT molecular complexity index is 721. The maximum Gasteiger partial charge on any atom is 0.251 e. The Morgan fingerprint density at radius 3 is 2.95 bits per heavy atom. The van der Waals surface area contributed by atoms with E-state index in [0.29, 0.717) is 10.7 Å². The van der Waals surface area contributed by atoms with Crippen LogP contribution in [-0.2, 0) is 6.42 Å². The SMILES string of the molecule is CCCc1cc(=O)[nH]c(Sc2cc(Br)ccc2C#N)n1. The second kappa shape index (κ2) is 6.73. The van der Waals surface area contributed by atoms with Gasteiger partial charge in [0.05, 0.1) is 5.56 Å². The van der Waals surface area contributed by atoms with Crippen LogP contribution in [0.25, 0.3) is 0 Å². The van der Waals surface area contributed by atoms with Gasteiger partial charge in [-0.2, -0.15) is 5.26 Å². The molecule has 0 amide bonds. The van der Waals surface area contributed by atoms with Crippen molar-refractivity contribution in [1.82, 2.24) is 9.97 Å². The van der Waals surface area contributed by atoms with E-state index >= 15 is 0 Å². The third kappa shape index (κ3) is 3.71. The fourth-order valence-corrected chi connectivity index (χ4v) is 3.14. The zero-order valence-corrected chi connectivity index (χ0v) is 13.2. The van der Waals surface area contributed by atoms with Crippen molar-refractivity contribution in [2.75, 3.05) is 0 Å². The van der Waals surface area contributed by atoms with Gasteiger partial charge in [-0.1, -0.05) is 41.0 Å². The molecule has 0 spiro atoms. The third-order valence-corrected chi connectivity index (χ3v) is 3.99. The van der Waals surface area contributed by atoms with Gasteiger partial charge < -0.3 is 4.98 Å². The Hall–Kier alpha value is -1.58. The Morgan fingerprint density at radius 1 is 1.45 bits per heavy atom. The molecule has 0 unspecified atom stereocenters. The summed E-state index contributed by atoms with van der Waals surface area (Å²) in [5, 5.41) is 9.62. The molecule has 0 atom stereocenters. The highest BCUT2D eigenvalue weighted by Crippen LogP contribution is 2.29. The van der Waals surface area contributed by atoms with Crippen LogP contribution in [0.5, 0.6) is 0 Å². The first-order valence-electron chi connectivity index (χ1n) is 6.10. The van der Waals surface area contributed by atoms with Crippen LogP contribution in [0.4, 0.5) is 0 Å². The van der Waals surface area contributed by atoms with Gasteiger partial charge in [0.1, 0.15) is 6.07 Å². The van der Waals surface area contributed by atoms with Gasteiger partial charge in [-0.3, -0.25) is 4.79 Å². The first kappa shape index (κ1) is 14.8. The summed E-state index contributed by atoms with van der Waals surface area (Å²) in [5.74, 6) is 0. The normalized spacial score (nSPS) is 10.2. The molecule has 1 aromatic carbocycles. The molecule has 2 rings (SSSR count). The zero-order chi connectivity index (χ0) is 14.5. The summed E-state index contributed by atoms with van der Waals surface area (Å²) in [4.78, 5) is 19.5. The summed E-state index contributed by atoms with van der Waals surface area (Å²) in [6, 6.07) is 9.04. The van der Waals surface area contributed by atoms with E-state index < -0.39 is 0 Å². The highest BCUT2D eigenvalue weighted by Gasteiger charge is 2.08. The van der Waals surface area contributed by atoms with E-state index in [2.05, 4.69) is 32.0 Å². The van der Waals surface area contributed by atoms with Gasteiger partial charge in [0, 0.05) is 21.1 Å². The first-order chi connectivity index (χ1) is 9.62. The molecule has 1 aromatic heterocycles. The molecule has 0 saturated heterocycles. The fourth-order valence-electron chi connectivity index (χ4n) is 1.69. The van der Waals surface area contributed by atoms with Crippen molar-refractivity contribution in [3.63, 3.8) is 0 Å². The minimum absolute atomic E-state index is 0.167. The number of hydrogen-bond donors (Lipinski definition) is 1. The van der Waals surface area contributed by atoms with Crippen molar-refractivity contribution in [1.29, 1.82) is 5.26 Å². The molecule has 102 valence electrons. The number of aromatic amines is 1. The Kier molecular flexibility index (Phi) is 4.99. The molecule has 1 heterocycles. The number of nitriles is 1. The highest BCUT2D eigenvalue weighted by molar-refractivity contribution is 9.10. The van der Waals surface area contributed by atoms with Crippen molar-refractivity contribution in [2.45, 2.75) is 29.8 Å². The minimum atomic E-state index is -0.167. The van der Waals surface area contributed by atoms with Crippen LogP contribution < -0.4 is 5.56 Å². The summed E-state index contributed by atoms with van der Waals surface area (Å²) in [7, 11) is 0. The monoisotopic (exact) mass is 349 g/mol. The molecular weight excluding hydrogens is 338 g/mol. The lowest BCUT2D eigenvalue weighted by Gasteiger charge is -2.05. The number of nitrogens with zero attached hydrogens (tertiary/aromatic N) is 2. The number of benzene rings is 1. The van der Waals surface area contributed by atoms with Crippen molar-refractivity contribution in [3.8, 4) is 6.07 Å². The van der Waals surface area contributed by atoms with E-state index in [1.807, 2.05) is 19.1 Å².